The standard InChI is InChI=1S/C20H29ClFN5O5/c1-4-31-17(29)24-15-13-12-23-19(2,3)14(13)27(25-15)18(30)32-11-5-8-26-9-6-20(22,7-10-26)16(21)28/h23H,4-12H2,1-3H3,(H,24,25,29). The molecule has 0 aromatic carbocycles. The molecule has 0 radical (unpaired) electrons. The van der Waals surface area contributed by atoms with Gasteiger partial charge < -0.3 is 19.7 Å². The topological polar surface area (TPSA) is 115 Å². The number of amides is 1. The van der Waals surface area contributed by atoms with Crippen LogP contribution in [0.3, 0.4) is 0 Å². The fraction of sp³-hybridized carbons (Fsp3) is 0.700. The highest BCUT2D eigenvalue weighted by atomic mass is 35.5. The Morgan fingerprint density at radius 3 is 2.56 bits per heavy atom. The highest BCUT2D eigenvalue weighted by molar-refractivity contribution is 6.65. The van der Waals surface area contributed by atoms with Crippen LogP contribution in [0, 0.1) is 0 Å². The number of nitrogens with one attached hydrogen (secondary N) is 2. The lowest BCUT2D eigenvalue weighted by Crippen LogP contribution is -2.45. The van der Waals surface area contributed by atoms with Crippen LogP contribution in [0.25, 0.3) is 0 Å². The first-order valence-corrected chi connectivity index (χ1v) is 11.0. The van der Waals surface area contributed by atoms with E-state index in [1.165, 1.54) is 4.68 Å². The van der Waals surface area contributed by atoms with Crippen LogP contribution >= 0.6 is 11.6 Å². The normalized spacial score (nSPS) is 19.3. The molecule has 2 aliphatic rings. The number of rotatable bonds is 7. The van der Waals surface area contributed by atoms with Gasteiger partial charge in [0.15, 0.2) is 11.5 Å². The van der Waals surface area contributed by atoms with Crippen molar-refractivity contribution in [3.63, 3.8) is 0 Å². The summed E-state index contributed by atoms with van der Waals surface area (Å²) in [6.07, 6.45) is -0.629. The molecule has 2 N–H and O–H groups in total. The van der Waals surface area contributed by atoms with Crippen molar-refractivity contribution >= 4 is 34.8 Å². The predicted molar refractivity (Wildman–Crippen MR) is 114 cm³/mol. The first kappa shape index (κ1) is 24.4. The molecule has 0 unspecified atom stereocenters. The lowest BCUT2D eigenvalue weighted by atomic mass is 9.95. The van der Waals surface area contributed by atoms with Crippen molar-refractivity contribution in [3.8, 4) is 0 Å². The SMILES string of the molecule is CCOC(=O)Nc1nn(C(=O)OCCCN2CCC(F)(C(=O)Cl)CC2)c2c1CNC2(C)C. The van der Waals surface area contributed by atoms with Gasteiger partial charge in [-0.15, -0.1) is 5.10 Å². The van der Waals surface area contributed by atoms with E-state index in [0.717, 1.165) is 0 Å². The maximum atomic E-state index is 14.2. The summed E-state index contributed by atoms with van der Waals surface area (Å²) in [5.74, 6) is 0.255. The number of carbonyl (C=O) groups excluding carboxylic acids is 3. The Labute approximate surface area is 190 Å². The van der Waals surface area contributed by atoms with Crippen molar-refractivity contribution < 1.29 is 28.2 Å². The van der Waals surface area contributed by atoms with Crippen LogP contribution in [0.2, 0.25) is 0 Å². The molecule has 32 heavy (non-hydrogen) atoms. The van der Waals surface area contributed by atoms with E-state index in [1.54, 1.807) is 6.92 Å². The van der Waals surface area contributed by atoms with Gasteiger partial charge in [-0.3, -0.25) is 10.1 Å². The van der Waals surface area contributed by atoms with Crippen molar-refractivity contribution in [1.29, 1.82) is 0 Å². The van der Waals surface area contributed by atoms with E-state index < -0.39 is 28.6 Å². The van der Waals surface area contributed by atoms with Crippen molar-refractivity contribution in [2.45, 2.75) is 57.8 Å². The molecule has 0 saturated carbocycles. The van der Waals surface area contributed by atoms with E-state index in [0.29, 0.717) is 43.9 Å². The zero-order valence-corrected chi connectivity index (χ0v) is 19.3. The molecule has 1 amide bonds. The third-order valence-corrected chi connectivity index (χ3v) is 6.14. The number of anilines is 1. The second kappa shape index (κ2) is 9.72. The number of fused-ring (bicyclic) bond motifs is 1. The van der Waals surface area contributed by atoms with E-state index in [4.69, 9.17) is 21.1 Å². The number of piperidine rings is 1. The minimum Gasteiger partial charge on any atom is -0.450 e. The number of likely N-dealkylation sites (tertiary alicyclic amines) is 1. The number of halogens is 2. The quantitative estimate of drug-likeness (QED) is 0.459. The summed E-state index contributed by atoms with van der Waals surface area (Å²) in [6.45, 7) is 7.74. The minimum absolute atomic E-state index is 0.0624. The van der Waals surface area contributed by atoms with Gasteiger partial charge in [-0.1, -0.05) is 0 Å². The van der Waals surface area contributed by atoms with Crippen LogP contribution in [0.15, 0.2) is 0 Å². The maximum Gasteiger partial charge on any atom is 0.435 e. The van der Waals surface area contributed by atoms with Crippen LogP contribution in [-0.4, -0.2) is 70.6 Å². The number of ether oxygens (including phenoxy) is 2. The summed E-state index contributed by atoms with van der Waals surface area (Å²) in [5.41, 5.74) is -1.16. The Bertz CT molecular complexity index is 882. The molecule has 0 atom stereocenters. The fourth-order valence-corrected chi connectivity index (χ4v) is 4.17. The third kappa shape index (κ3) is 5.21. The second-order valence-corrected chi connectivity index (χ2v) is 8.80. The van der Waals surface area contributed by atoms with Gasteiger partial charge in [0.2, 0.25) is 0 Å². The highest BCUT2D eigenvalue weighted by Crippen LogP contribution is 2.35. The molecule has 0 bridgehead atoms. The van der Waals surface area contributed by atoms with Crippen molar-refractivity contribution in [3.05, 3.63) is 11.3 Å². The van der Waals surface area contributed by atoms with Crippen LogP contribution in [0.5, 0.6) is 0 Å². The minimum atomic E-state index is -1.94. The molecule has 178 valence electrons. The van der Waals surface area contributed by atoms with E-state index >= 15 is 0 Å². The molecule has 3 heterocycles. The Kier molecular flexibility index (Phi) is 7.41. The average molecular weight is 474 g/mol. The second-order valence-electron chi connectivity index (χ2n) is 8.46. The number of alkyl halides is 1. The van der Waals surface area contributed by atoms with Crippen molar-refractivity contribution in [1.82, 2.24) is 20.0 Å². The average Bonchev–Trinajstić information content (AvgIpc) is 3.25. The summed E-state index contributed by atoms with van der Waals surface area (Å²) in [4.78, 5) is 37.7. The molecule has 1 aromatic heterocycles. The Balaban J connectivity index is 1.55. The smallest absolute Gasteiger partial charge is 0.435 e. The first-order valence-electron chi connectivity index (χ1n) is 10.7. The number of hydrogen-bond donors (Lipinski definition) is 2. The largest absolute Gasteiger partial charge is 0.450 e. The summed E-state index contributed by atoms with van der Waals surface area (Å²) < 4.78 is 25.7. The maximum absolute atomic E-state index is 14.2. The number of carbonyl (C=O) groups is 3. The molecule has 2 aliphatic heterocycles. The summed E-state index contributed by atoms with van der Waals surface area (Å²) in [5, 5.41) is 9.15. The van der Waals surface area contributed by atoms with Crippen molar-refractivity contribution in [2.75, 3.05) is 38.2 Å². The molecule has 1 fully saturated rings. The number of hydrogen-bond acceptors (Lipinski definition) is 8. The van der Waals surface area contributed by atoms with Crippen LogP contribution in [0.4, 0.5) is 19.8 Å². The van der Waals surface area contributed by atoms with E-state index in [-0.39, 0.29) is 31.9 Å². The molecule has 12 heteroatoms. The van der Waals surface area contributed by atoms with Crippen LogP contribution < -0.4 is 10.6 Å². The van der Waals surface area contributed by atoms with Gasteiger partial charge in [0, 0.05) is 44.6 Å². The number of aromatic nitrogens is 2. The Morgan fingerprint density at radius 2 is 1.94 bits per heavy atom. The first-order chi connectivity index (χ1) is 15.1. The molecular formula is C20H29ClFN5O5. The lowest BCUT2D eigenvalue weighted by molar-refractivity contribution is -0.125. The summed E-state index contributed by atoms with van der Waals surface area (Å²) in [6, 6.07) is 0. The van der Waals surface area contributed by atoms with Gasteiger partial charge in [0.1, 0.15) is 0 Å². The molecule has 10 nitrogen and oxygen atoms in total. The van der Waals surface area contributed by atoms with Gasteiger partial charge in [0.25, 0.3) is 5.24 Å². The summed E-state index contributed by atoms with van der Waals surface area (Å²) in [7, 11) is 0. The zero-order valence-electron chi connectivity index (χ0n) is 18.5. The molecule has 0 aliphatic carbocycles. The van der Waals surface area contributed by atoms with Gasteiger partial charge >= 0.3 is 12.2 Å². The molecule has 3 rings (SSSR count). The fourth-order valence-electron chi connectivity index (χ4n) is 3.99. The molecular weight excluding hydrogens is 445 g/mol. The molecule has 0 spiro atoms. The Morgan fingerprint density at radius 1 is 1.25 bits per heavy atom. The van der Waals surface area contributed by atoms with Gasteiger partial charge in [0.05, 0.1) is 24.4 Å². The van der Waals surface area contributed by atoms with E-state index in [9.17, 15) is 18.8 Å². The van der Waals surface area contributed by atoms with Crippen molar-refractivity contribution in [2.24, 2.45) is 0 Å². The van der Waals surface area contributed by atoms with Gasteiger partial charge in [-0.25, -0.2) is 14.0 Å². The highest BCUT2D eigenvalue weighted by Gasteiger charge is 2.41. The molecule has 1 saturated heterocycles. The van der Waals surface area contributed by atoms with Crippen LogP contribution in [0.1, 0.15) is 51.3 Å². The third-order valence-electron chi connectivity index (χ3n) is 5.80. The zero-order chi connectivity index (χ0) is 23.5. The molecule has 1 aromatic rings. The lowest BCUT2D eigenvalue weighted by Gasteiger charge is -2.34. The van der Waals surface area contributed by atoms with E-state index in [2.05, 4.69) is 15.7 Å². The predicted octanol–water partition coefficient (Wildman–Crippen LogP) is 2.73. The van der Waals surface area contributed by atoms with Gasteiger partial charge in [-0.05, 0) is 38.8 Å². The monoisotopic (exact) mass is 473 g/mol. The number of nitrogens with zero attached hydrogens (tertiary/aromatic N) is 3. The van der Waals surface area contributed by atoms with E-state index in [1.807, 2.05) is 18.7 Å². The summed E-state index contributed by atoms with van der Waals surface area (Å²) >= 11 is 5.34. The van der Waals surface area contributed by atoms with Crippen LogP contribution in [-0.2, 0) is 26.4 Å². The van der Waals surface area contributed by atoms with Gasteiger partial charge in [-0.2, -0.15) is 4.68 Å². The Hall–Kier alpha value is -2.24.